The van der Waals surface area contributed by atoms with Crippen molar-refractivity contribution in [2.45, 2.75) is 0 Å². The summed E-state index contributed by atoms with van der Waals surface area (Å²) in [5, 5.41) is 18.9. The number of H-pyrrole nitrogens is 1. The molecule has 0 amide bonds. The summed E-state index contributed by atoms with van der Waals surface area (Å²) in [6.45, 7) is 0. The summed E-state index contributed by atoms with van der Waals surface area (Å²) in [4.78, 5) is 13.6. The van der Waals surface area contributed by atoms with Crippen LogP contribution in [0.25, 0.3) is 10.9 Å². The van der Waals surface area contributed by atoms with Crippen LogP contribution >= 0.6 is 0 Å². The van der Waals surface area contributed by atoms with Crippen molar-refractivity contribution in [1.29, 1.82) is 0 Å². The second-order valence-corrected chi connectivity index (χ2v) is 3.08. The summed E-state index contributed by atoms with van der Waals surface area (Å²) < 4.78 is 4.90. The number of nitrogens with one attached hydrogen (secondary N) is 1. The lowest BCUT2D eigenvalue weighted by atomic mass is 10.1. The minimum absolute atomic E-state index is 0.0243. The minimum Gasteiger partial charge on any atom is -0.504 e. The molecule has 0 atom stereocenters. The number of hydrogen-bond donors (Lipinski definition) is 3. The molecule has 15 heavy (non-hydrogen) atoms. The monoisotopic (exact) mass is 207 g/mol. The van der Waals surface area contributed by atoms with Crippen molar-refractivity contribution in [3.05, 3.63) is 23.9 Å². The molecule has 0 saturated carbocycles. The number of methoxy groups -OCH3 is 1. The Kier molecular flexibility index (Phi) is 2.00. The van der Waals surface area contributed by atoms with Gasteiger partial charge in [0.2, 0.25) is 0 Å². The zero-order valence-electron chi connectivity index (χ0n) is 7.94. The maximum absolute atomic E-state index is 10.8. The molecule has 1 aromatic heterocycles. The first-order valence-corrected chi connectivity index (χ1v) is 4.25. The van der Waals surface area contributed by atoms with E-state index in [4.69, 9.17) is 9.84 Å². The lowest BCUT2D eigenvalue weighted by Gasteiger charge is -2.03. The Morgan fingerprint density at radius 1 is 1.47 bits per heavy atom. The number of aromatic carboxylic acids is 1. The van der Waals surface area contributed by atoms with Gasteiger partial charge in [-0.15, -0.1) is 0 Å². The summed E-state index contributed by atoms with van der Waals surface area (Å²) in [6.07, 6.45) is 1.38. The van der Waals surface area contributed by atoms with Gasteiger partial charge >= 0.3 is 5.97 Å². The fourth-order valence-corrected chi connectivity index (χ4v) is 1.48. The van der Waals surface area contributed by atoms with Crippen molar-refractivity contribution in [1.82, 2.24) is 4.98 Å². The van der Waals surface area contributed by atoms with Crippen LogP contribution in [0.3, 0.4) is 0 Å². The molecular weight excluding hydrogens is 198 g/mol. The van der Waals surface area contributed by atoms with E-state index in [-0.39, 0.29) is 17.1 Å². The second kappa shape index (κ2) is 3.20. The maximum atomic E-state index is 10.8. The van der Waals surface area contributed by atoms with E-state index < -0.39 is 5.97 Å². The zero-order chi connectivity index (χ0) is 11.0. The van der Waals surface area contributed by atoms with Crippen LogP contribution < -0.4 is 4.74 Å². The molecule has 0 fully saturated rings. The molecule has 78 valence electrons. The molecule has 1 heterocycles. The van der Waals surface area contributed by atoms with Crippen LogP contribution in [0.2, 0.25) is 0 Å². The third-order valence-corrected chi connectivity index (χ3v) is 2.21. The molecule has 2 rings (SSSR count). The van der Waals surface area contributed by atoms with Gasteiger partial charge in [-0.25, -0.2) is 4.79 Å². The Balaban J connectivity index is 2.74. The van der Waals surface area contributed by atoms with Crippen LogP contribution in [-0.2, 0) is 0 Å². The van der Waals surface area contributed by atoms with Crippen LogP contribution in [0.5, 0.6) is 11.5 Å². The molecule has 0 saturated heterocycles. The number of aromatic nitrogens is 1. The average Bonchev–Trinajstić information content (AvgIpc) is 2.59. The van der Waals surface area contributed by atoms with Gasteiger partial charge in [0.15, 0.2) is 11.5 Å². The number of aromatic hydroxyl groups is 1. The summed E-state index contributed by atoms with van der Waals surface area (Å²) in [6, 6.07) is 2.92. The highest BCUT2D eigenvalue weighted by Crippen LogP contribution is 2.32. The number of benzene rings is 1. The van der Waals surface area contributed by atoms with Crippen molar-refractivity contribution in [3.63, 3.8) is 0 Å². The molecule has 5 nitrogen and oxygen atoms in total. The molecule has 0 spiro atoms. The number of carboxylic acids is 1. The molecule has 5 heteroatoms. The SMILES string of the molecule is COc1cc2c(C(=O)O)c[nH]c2cc1O. The predicted octanol–water partition coefficient (Wildman–Crippen LogP) is 1.58. The Morgan fingerprint density at radius 2 is 2.20 bits per heavy atom. The van der Waals surface area contributed by atoms with Gasteiger partial charge in [-0.2, -0.15) is 0 Å². The van der Waals surface area contributed by atoms with Gasteiger partial charge in [0.25, 0.3) is 0 Å². The molecule has 0 bridgehead atoms. The highest BCUT2D eigenvalue weighted by atomic mass is 16.5. The lowest BCUT2D eigenvalue weighted by Crippen LogP contribution is -1.93. The van der Waals surface area contributed by atoms with E-state index in [9.17, 15) is 9.90 Å². The number of fused-ring (bicyclic) bond motifs is 1. The van der Waals surface area contributed by atoms with Gasteiger partial charge in [-0.1, -0.05) is 0 Å². The summed E-state index contributed by atoms with van der Waals surface area (Å²) in [5.74, 6) is -0.789. The number of aromatic amines is 1. The van der Waals surface area contributed by atoms with Crippen molar-refractivity contribution in [3.8, 4) is 11.5 Å². The first-order valence-electron chi connectivity index (χ1n) is 4.25. The number of hydrogen-bond acceptors (Lipinski definition) is 3. The molecule has 0 unspecified atom stereocenters. The standard InChI is InChI=1S/C10H9NO4/c1-15-9-2-5-6(10(13)14)4-11-7(5)3-8(9)12/h2-4,11-12H,1H3,(H,13,14). The van der Waals surface area contributed by atoms with Gasteiger partial charge in [-0.05, 0) is 6.07 Å². The number of ether oxygens (including phenoxy) is 1. The minimum atomic E-state index is -1.02. The molecule has 3 N–H and O–H groups in total. The van der Waals surface area contributed by atoms with E-state index in [1.165, 1.54) is 25.4 Å². The van der Waals surface area contributed by atoms with E-state index >= 15 is 0 Å². The number of phenols is 1. The summed E-state index contributed by atoms with van der Waals surface area (Å²) in [5.41, 5.74) is 0.717. The Bertz CT molecular complexity index is 529. The largest absolute Gasteiger partial charge is 0.504 e. The first-order chi connectivity index (χ1) is 7.13. The molecule has 2 aromatic rings. The van der Waals surface area contributed by atoms with E-state index in [0.29, 0.717) is 10.9 Å². The normalized spacial score (nSPS) is 10.5. The second-order valence-electron chi connectivity index (χ2n) is 3.08. The summed E-state index contributed by atoms with van der Waals surface area (Å²) in [7, 11) is 1.41. The molecule has 0 radical (unpaired) electrons. The van der Waals surface area contributed by atoms with E-state index in [2.05, 4.69) is 4.98 Å². The zero-order valence-corrected chi connectivity index (χ0v) is 7.94. The van der Waals surface area contributed by atoms with Gasteiger partial charge in [0.1, 0.15) is 0 Å². The van der Waals surface area contributed by atoms with Crippen molar-refractivity contribution < 1.29 is 19.7 Å². The molecule has 0 aliphatic carbocycles. The maximum Gasteiger partial charge on any atom is 0.337 e. The van der Waals surface area contributed by atoms with Crippen LogP contribution in [-0.4, -0.2) is 28.3 Å². The Labute approximate surface area is 84.9 Å². The summed E-state index contributed by atoms with van der Waals surface area (Å²) >= 11 is 0. The van der Waals surface area contributed by atoms with Gasteiger partial charge in [-0.3, -0.25) is 0 Å². The van der Waals surface area contributed by atoms with Crippen LogP contribution in [0, 0.1) is 0 Å². The third kappa shape index (κ3) is 1.38. The van der Waals surface area contributed by atoms with Gasteiger partial charge in [0.05, 0.1) is 18.2 Å². The van der Waals surface area contributed by atoms with Crippen LogP contribution in [0.1, 0.15) is 10.4 Å². The predicted molar refractivity (Wildman–Crippen MR) is 53.5 cm³/mol. The molecule has 1 aromatic carbocycles. The van der Waals surface area contributed by atoms with Crippen molar-refractivity contribution >= 4 is 16.9 Å². The first kappa shape index (κ1) is 9.39. The average molecular weight is 207 g/mol. The number of carbonyl (C=O) groups is 1. The van der Waals surface area contributed by atoms with Gasteiger partial charge in [0, 0.05) is 17.6 Å². The number of rotatable bonds is 2. The lowest BCUT2D eigenvalue weighted by molar-refractivity contribution is 0.0699. The fourth-order valence-electron chi connectivity index (χ4n) is 1.48. The Hall–Kier alpha value is -2.17. The van der Waals surface area contributed by atoms with Gasteiger partial charge < -0.3 is 19.9 Å². The topological polar surface area (TPSA) is 82.5 Å². The van der Waals surface area contributed by atoms with Crippen LogP contribution in [0.4, 0.5) is 0 Å². The molecular formula is C10H9NO4. The Morgan fingerprint density at radius 3 is 2.80 bits per heavy atom. The molecule has 0 aliphatic rings. The van der Waals surface area contributed by atoms with Crippen molar-refractivity contribution in [2.24, 2.45) is 0 Å². The number of carboxylic acid groups (broad SMARTS) is 1. The van der Waals surface area contributed by atoms with E-state index in [0.717, 1.165) is 0 Å². The third-order valence-electron chi connectivity index (χ3n) is 2.21. The highest BCUT2D eigenvalue weighted by Gasteiger charge is 2.13. The quantitative estimate of drug-likeness (QED) is 0.698. The van der Waals surface area contributed by atoms with Crippen molar-refractivity contribution in [2.75, 3.05) is 7.11 Å². The van der Waals surface area contributed by atoms with E-state index in [1.807, 2.05) is 0 Å². The van der Waals surface area contributed by atoms with Crippen LogP contribution in [0.15, 0.2) is 18.3 Å². The van der Waals surface area contributed by atoms with E-state index in [1.54, 1.807) is 0 Å². The smallest absolute Gasteiger partial charge is 0.337 e. The fraction of sp³-hybridized carbons (Fsp3) is 0.100. The molecule has 0 aliphatic heterocycles. The highest BCUT2D eigenvalue weighted by molar-refractivity contribution is 6.04. The number of phenolic OH excluding ortho intramolecular Hbond substituents is 1.